The van der Waals surface area contributed by atoms with Crippen molar-refractivity contribution in [2.24, 2.45) is 0 Å². The second-order valence-electron chi connectivity index (χ2n) is 5.69. The molecule has 1 amide bonds. The summed E-state index contributed by atoms with van der Waals surface area (Å²) < 4.78 is 11.3. The van der Waals surface area contributed by atoms with Crippen LogP contribution in [0.5, 0.6) is 5.75 Å². The number of rotatable bonds is 4. The highest BCUT2D eigenvalue weighted by molar-refractivity contribution is 5.93. The standard InChI is InChI=1S/C17H18N4O4/c1-9-14-11(3)25-20-15(14)17(23)21(19-9)10(2)16(22)18-12-6-5-7-13(8-12)24-4/h5-8,10H,1-4H3,(H,18,22)/t10-/m0/s1. The molecule has 0 bridgehead atoms. The van der Waals surface area contributed by atoms with E-state index in [1.54, 1.807) is 52.1 Å². The number of amides is 1. The molecule has 0 fully saturated rings. The highest BCUT2D eigenvalue weighted by Crippen LogP contribution is 2.20. The maximum Gasteiger partial charge on any atom is 0.297 e. The van der Waals surface area contributed by atoms with Crippen molar-refractivity contribution in [2.45, 2.75) is 26.8 Å². The second-order valence-corrected chi connectivity index (χ2v) is 5.69. The molecule has 0 aliphatic carbocycles. The first kappa shape index (κ1) is 16.7. The maximum absolute atomic E-state index is 12.6. The molecule has 1 aromatic carbocycles. The third-order valence-electron chi connectivity index (χ3n) is 3.98. The van der Waals surface area contributed by atoms with E-state index < -0.39 is 11.6 Å². The van der Waals surface area contributed by atoms with Gasteiger partial charge in [0.25, 0.3) is 5.56 Å². The Morgan fingerprint density at radius 3 is 2.84 bits per heavy atom. The van der Waals surface area contributed by atoms with Crippen LogP contribution in [0.25, 0.3) is 10.9 Å². The van der Waals surface area contributed by atoms with Gasteiger partial charge in [-0.2, -0.15) is 5.10 Å². The van der Waals surface area contributed by atoms with Crippen LogP contribution in [0.4, 0.5) is 5.69 Å². The number of hydrogen-bond acceptors (Lipinski definition) is 6. The fourth-order valence-corrected chi connectivity index (χ4v) is 2.63. The first-order chi connectivity index (χ1) is 11.9. The Bertz CT molecular complexity index is 1010. The summed E-state index contributed by atoms with van der Waals surface area (Å²) in [6.45, 7) is 5.06. The van der Waals surface area contributed by atoms with Gasteiger partial charge in [-0.1, -0.05) is 11.2 Å². The van der Waals surface area contributed by atoms with Gasteiger partial charge in [-0.15, -0.1) is 0 Å². The van der Waals surface area contributed by atoms with E-state index in [0.29, 0.717) is 28.3 Å². The summed E-state index contributed by atoms with van der Waals surface area (Å²) in [6, 6.07) is 6.14. The smallest absolute Gasteiger partial charge is 0.297 e. The van der Waals surface area contributed by atoms with Gasteiger partial charge < -0.3 is 14.6 Å². The van der Waals surface area contributed by atoms with Gasteiger partial charge in [0.2, 0.25) is 5.91 Å². The highest BCUT2D eigenvalue weighted by atomic mass is 16.5. The number of aromatic nitrogens is 3. The van der Waals surface area contributed by atoms with Gasteiger partial charge in [-0.3, -0.25) is 9.59 Å². The highest BCUT2D eigenvalue weighted by Gasteiger charge is 2.22. The van der Waals surface area contributed by atoms with Gasteiger partial charge in [0.1, 0.15) is 17.6 Å². The molecular weight excluding hydrogens is 324 g/mol. The SMILES string of the molecule is COc1cccc(NC(=O)[C@H](C)n2nc(C)c3c(C)onc3c2=O)c1. The van der Waals surface area contributed by atoms with Crippen molar-refractivity contribution in [1.29, 1.82) is 0 Å². The Balaban J connectivity index is 1.93. The quantitative estimate of drug-likeness (QED) is 0.780. The minimum Gasteiger partial charge on any atom is -0.497 e. The van der Waals surface area contributed by atoms with Gasteiger partial charge in [0.15, 0.2) is 5.52 Å². The maximum atomic E-state index is 12.6. The lowest BCUT2D eigenvalue weighted by atomic mass is 10.2. The number of anilines is 1. The predicted molar refractivity (Wildman–Crippen MR) is 91.9 cm³/mol. The molecule has 0 spiro atoms. The van der Waals surface area contributed by atoms with Crippen LogP contribution in [-0.2, 0) is 4.79 Å². The predicted octanol–water partition coefficient (Wildman–Crippen LogP) is 2.21. The Kier molecular flexibility index (Phi) is 4.26. The zero-order chi connectivity index (χ0) is 18.1. The molecule has 1 N–H and O–H groups in total. The lowest BCUT2D eigenvalue weighted by Gasteiger charge is -2.15. The van der Waals surface area contributed by atoms with Crippen LogP contribution in [0.15, 0.2) is 33.6 Å². The molecule has 2 heterocycles. The van der Waals surface area contributed by atoms with Crippen LogP contribution in [0.1, 0.15) is 24.4 Å². The minimum absolute atomic E-state index is 0.172. The van der Waals surface area contributed by atoms with E-state index in [4.69, 9.17) is 9.26 Å². The fraction of sp³-hybridized carbons (Fsp3) is 0.294. The molecule has 3 rings (SSSR count). The molecule has 0 saturated heterocycles. The minimum atomic E-state index is -0.821. The number of hydrogen-bond donors (Lipinski definition) is 1. The lowest BCUT2D eigenvalue weighted by Crippen LogP contribution is -2.34. The van der Waals surface area contributed by atoms with Crippen molar-refractivity contribution >= 4 is 22.5 Å². The van der Waals surface area contributed by atoms with Gasteiger partial charge in [0, 0.05) is 11.8 Å². The monoisotopic (exact) mass is 342 g/mol. The molecule has 1 atom stereocenters. The Morgan fingerprint density at radius 1 is 1.36 bits per heavy atom. The summed E-state index contributed by atoms with van der Waals surface area (Å²) in [5.74, 6) is 0.774. The summed E-state index contributed by atoms with van der Waals surface area (Å²) in [5, 5.41) is 11.4. The summed E-state index contributed by atoms with van der Waals surface area (Å²) in [6.07, 6.45) is 0. The first-order valence-electron chi connectivity index (χ1n) is 7.72. The van der Waals surface area contributed by atoms with Crippen LogP contribution in [0, 0.1) is 13.8 Å². The van der Waals surface area contributed by atoms with Crippen LogP contribution in [-0.4, -0.2) is 28.0 Å². The molecule has 3 aromatic rings. The van der Waals surface area contributed by atoms with E-state index in [2.05, 4.69) is 15.6 Å². The summed E-state index contributed by atoms with van der Waals surface area (Å²) in [5.41, 5.74) is 0.852. The van der Waals surface area contributed by atoms with Crippen LogP contribution in [0.3, 0.4) is 0 Å². The first-order valence-corrected chi connectivity index (χ1v) is 7.72. The molecule has 25 heavy (non-hydrogen) atoms. The molecule has 0 aliphatic heterocycles. The molecule has 0 saturated carbocycles. The number of carbonyl (C=O) groups is 1. The number of fused-ring (bicyclic) bond motifs is 1. The van der Waals surface area contributed by atoms with E-state index in [0.717, 1.165) is 4.68 Å². The van der Waals surface area contributed by atoms with E-state index in [9.17, 15) is 9.59 Å². The zero-order valence-corrected chi connectivity index (χ0v) is 14.4. The number of benzene rings is 1. The van der Waals surface area contributed by atoms with Crippen LogP contribution in [0.2, 0.25) is 0 Å². The van der Waals surface area contributed by atoms with Gasteiger partial charge in [-0.25, -0.2) is 4.68 Å². The van der Waals surface area contributed by atoms with E-state index in [1.165, 1.54) is 0 Å². The third-order valence-corrected chi connectivity index (χ3v) is 3.98. The second kappa shape index (κ2) is 6.39. The van der Waals surface area contributed by atoms with Gasteiger partial charge >= 0.3 is 0 Å². The van der Waals surface area contributed by atoms with Crippen molar-refractivity contribution in [1.82, 2.24) is 14.9 Å². The molecule has 0 aliphatic rings. The third kappa shape index (κ3) is 2.98. The largest absolute Gasteiger partial charge is 0.497 e. The zero-order valence-electron chi connectivity index (χ0n) is 14.4. The van der Waals surface area contributed by atoms with Crippen molar-refractivity contribution < 1.29 is 14.1 Å². The Morgan fingerprint density at radius 2 is 2.12 bits per heavy atom. The topological polar surface area (TPSA) is 99.2 Å². The van der Waals surface area contributed by atoms with Crippen molar-refractivity contribution in [2.75, 3.05) is 12.4 Å². The van der Waals surface area contributed by atoms with Crippen molar-refractivity contribution in [3.63, 3.8) is 0 Å². The number of methoxy groups -OCH3 is 1. The van der Waals surface area contributed by atoms with Crippen LogP contribution >= 0.6 is 0 Å². The molecular formula is C17H18N4O4. The number of aryl methyl sites for hydroxylation is 2. The summed E-state index contributed by atoms with van der Waals surface area (Å²) in [7, 11) is 1.55. The number of nitrogens with zero attached hydrogens (tertiary/aromatic N) is 3. The summed E-state index contributed by atoms with van der Waals surface area (Å²) >= 11 is 0. The van der Waals surface area contributed by atoms with Gasteiger partial charge in [0.05, 0.1) is 18.2 Å². The van der Waals surface area contributed by atoms with E-state index >= 15 is 0 Å². The molecule has 8 heteroatoms. The molecule has 0 unspecified atom stereocenters. The average Bonchev–Trinajstić information content (AvgIpc) is 3.00. The molecule has 2 aromatic heterocycles. The number of ether oxygens (including phenoxy) is 1. The molecule has 130 valence electrons. The summed E-state index contributed by atoms with van der Waals surface area (Å²) in [4.78, 5) is 25.1. The normalized spacial score (nSPS) is 12.2. The average molecular weight is 342 g/mol. The Labute approximate surface area is 143 Å². The number of carbonyl (C=O) groups excluding carboxylic acids is 1. The van der Waals surface area contributed by atoms with E-state index in [1.807, 2.05) is 0 Å². The van der Waals surface area contributed by atoms with Crippen molar-refractivity contribution in [3.8, 4) is 5.75 Å². The van der Waals surface area contributed by atoms with Gasteiger partial charge in [-0.05, 0) is 32.9 Å². The van der Waals surface area contributed by atoms with Crippen LogP contribution < -0.4 is 15.6 Å². The van der Waals surface area contributed by atoms with E-state index in [-0.39, 0.29) is 11.4 Å². The Hall–Kier alpha value is -3.16. The molecule has 0 radical (unpaired) electrons. The molecule has 8 nitrogen and oxygen atoms in total. The van der Waals surface area contributed by atoms with Crippen molar-refractivity contribution in [3.05, 3.63) is 46.1 Å². The fourth-order valence-electron chi connectivity index (χ4n) is 2.63. The lowest BCUT2D eigenvalue weighted by molar-refractivity contribution is -0.119. The number of nitrogens with one attached hydrogen (secondary N) is 1.